The monoisotopic (exact) mass is 431 g/mol. The Bertz CT molecular complexity index is 1080. The van der Waals surface area contributed by atoms with Crippen LogP contribution in [0.3, 0.4) is 0 Å². The van der Waals surface area contributed by atoms with E-state index in [4.69, 9.17) is 4.43 Å². The number of imide groups is 1. The van der Waals surface area contributed by atoms with E-state index in [2.05, 4.69) is 39.0 Å². The molecule has 31 heavy (non-hydrogen) atoms. The third-order valence-electron chi connectivity index (χ3n) is 6.74. The van der Waals surface area contributed by atoms with Gasteiger partial charge in [0.05, 0.1) is 6.04 Å². The van der Waals surface area contributed by atoms with Gasteiger partial charge < -0.3 is 4.43 Å². The van der Waals surface area contributed by atoms with Crippen molar-refractivity contribution in [2.24, 2.45) is 0 Å². The zero-order valence-corrected chi connectivity index (χ0v) is 19.4. The van der Waals surface area contributed by atoms with Crippen molar-refractivity contribution in [2.75, 3.05) is 0 Å². The number of β-lactam (4-membered cyclic amide) rings is 1. The van der Waals surface area contributed by atoms with Crippen LogP contribution >= 0.6 is 0 Å². The van der Waals surface area contributed by atoms with Gasteiger partial charge in [-0.2, -0.15) is 0 Å². The van der Waals surface area contributed by atoms with Gasteiger partial charge in [0.2, 0.25) is 0 Å². The molecule has 0 radical (unpaired) electrons. The number of benzene rings is 3. The smallest absolute Gasteiger partial charge is 0.261 e. The van der Waals surface area contributed by atoms with Crippen molar-refractivity contribution >= 4 is 30.9 Å². The maximum absolute atomic E-state index is 13.3. The third-order valence-corrected chi connectivity index (χ3v) is 11.4. The fourth-order valence-corrected chi connectivity index (χ4v) is 7.37. The maximum Gasteiger partial charge on any atom is 0.261 e. The molecule has 0 N–H and O–H groups in total. The number of nitrogens with zero attached hydrogens (tertiary/aromatic N) is 1. The van der Waals surface area contributed by atoms with Gasteiger partial charge in [0.1, 0.15) is 0 Å². The summed E-state index contributed by atoms with van der Waals surface area (Å²) in [6.07, 6.45) is -0.606. The first-order valence-corrected chi connectivity index (χ1v) is 13.7. The third kappa shape index (κ3) is 3.73. The van der Waals surface area contributed by atoms with Crippen molar-refractivity contribution in [1.82, 2.24) is 4.90 Å². The van der Waals surface area contributed by atoms with Crippen molar-refractivity contribution in [3.05, 3.63) is 83.9 Å². The Kier molecular flexibility index (Phi) is 6.07. The van der Waals surface area contributed by atoms with E-state index in [0.29, 0.717) is 5.56 Å². The summed E-state index contributed by atoms with van der Waals surface area (Å²) in [6, 6.07) is 25.7. The van der Waals surface area contributed by atoms with Gasteiger partial charge in [-0.3, -0.25) is 14.5 Å². The Balaban J connectivity index is 1.79. The molecule has 0 aliphatic carbocycles. The second kappa shape index (κ2) is 8.77. The summed E-state index contributed by atoms with van der Waals surface area (Å²) in [7, 11) is -2.04. The fraction of sp³-hybridized carbons (Fsp3) is 0.308. The zero-order chi connectivity index (χ0) is 22.0. The standard InChI is InChI=1S/C26H29NO3Si/c1-4-31(5-2,6-3)30-24-23(22-18-12-16-19-13-10-11-17-21(19)22)27(26(24)29)25(28)20-14-8-7-9-15-20/h7-18,23-24H,4-6H2,1-3H3/t23-,24+/m0/s1. The minimum absolute atomic E-state index is 0.223. The average Bonchev–Trinajstić information content (AvgIpc) is 2.83. The van der Waals surface area contributed by atoms with Crippen molar-refractivity contribution in [2.45, 2.75) is 51.0 Å². The van der Waals surface area contributed by atoms with E-state index in [1.165, 1.54) is 4.90 Å². The van der Waals surface area contributed by atoms with Crippen LogP contribution in [0.5, 0.6) is 0 Å². The first kappa shape index (κ1) is 21.5. The van der Waals surface area contributed by atoms with E-state index in [1.807, 2.05) is 42.5 Å². The number of fused-ring (bicyclic) bond motifs is 1. The fourth-order valence-electron chi connectivity index (χ4n) is 4.60. The van der Waals surface area contributed by atoms with Crippen LogP contribution in [0.15, 0.2) is 72.8 Å². The van der Waals surface area contributed by atoms with Crippen LogP contribution in [-0.4, -0.2) is 31.1 Å². The lowest BCUT2D eigenvalue weighted by Gasteiger charge is -2.49. The summed E-state index contributed by atoms with van der Waals surface area (Å²) in [5.41, 5.74) is 1.49. The number of carbonyl (C=O) groups is 2. The predicted molar refractivity (Wildman–Crippen MR) is 126 cm³/mol. The second-order valence-electron chi connectivity index (χ2n) is 8.17. The number of hydrogen-bond donors (Lipinski definition) is 0. The Labute approximate surface area is 185 Å². The summed E-state index contributed by atoms with van der Waals surface area (Å²) in [5.74, 6) is -0.487. The average molecular weight is 432 g/mol. The highest BCUT2D eigenvalue weighted by atomic mass is 28.4. The van der Waals surface area contributed by atoms with Crippen LogP contribution in [0.25, 0.3) is 10.8 Å². The summed E-state index contributed by atoms with van der Waals surface area (Å²) in [4.78, 5) is 28.1. The van der Waals surface area contributed by atoms with Gasteiger partial charge in [0, 0.05) is 5.56 Å². The summed E-state index contributed by atoms with van der Waals surface area (Å²) < 4.78 is 6.66. The number of hydrogen-bond acceptors (Lipinski definition) is 3. The predicted octanol–water partition coefficient (Wildman–Crippen LogP) is 5.95. The van der Waals surface area contributed by atoms with Crippen molar-refractivity contribution < 1.29 is 14.0 Å². The first-order chi connectivity index (χ1) is 15.0. The van der Waals surface area contributed by atoms with Gasteiger partial charge in [-0.25, -0.2) is 0 Å². The number of likely N-dealkylation sites (tertiary alicyclic amines) is 1. The minimum atomic E-state index is -2.04. The molecule has 1 fully saturated rings. The molecule has 3 aromatic carbocycles. The van der Waals surface area contributed by atoms with Gasteiger partial charge in [0.25, 0.3) is 11.8 Å². The molecule has 2 atom stereocenters. The lowest BCUT2D eigenvalue weighted by molar-refractivity contribution is -0.158. The Morgan fingerprint density at radius 1 is 0.871 bits per heavy atom. The summed E-state index contributed by atoms with van der Waals surface area (Å²) >= 11 is 0. The molecule has 0 aromatic heterocycles. The molecule has 0 saturated carbocycles. The second-order valence-corrected chi connectivity index (χ2v) is 12.9. The van der Waals surface area contributed by atoms with Crippen LogP contribution < -0.4 is 0 Å². The van der Waals surface area contributed by atoms with Gasteiger partial charge in [-0.15, -0.1) is 0 Å². The molecule has 0 unspecified atom stereocenters. The Morgan fingerprint density at radius 3 is 2.16 bits per heavy atom. The molecular weight excluding hydrogens is 402 g/mol. The Morgan fingerprint density at radius 2 is 1.48 bits per heavy atom. The lowest BCUT2D eigenvalue weighted by Crippen LogP contribution is -2.64. The summed E-state index contributed by atoms with van der Waals surface area (Å²) in [5, 5.41) is 2.15. The molecule has 0 spiro atoms. The van der Waals surface area contributed by atoms with Crippen LogP contribution in [0.1, 0.15) is 42.7 Å². The molecule has 160 valence electrons. The molecule has 1 aliphatic heterocycles. The topological polar surface area (TPSA) is 46.6 Å². The highest BCUT2D eigenvalue weighted by Crippen LogP contribution is 2.43. The molecule has 3 aromatic rings. The molecule has 4 rings (SSSR count). The summed E-state index contributed by atoms with van der Waals surface area (Å²) in [6.45, 7) is 6.46. The van der Waals surface area contributed by atoms with E-state index in [1.54, 1.807) is 12.1 Å². The highest BCUT2D eigenvalue weighted by Gasteiger charge is 2.55. The largest absolute Gasteiger partial charge is 0.403 e. The van der Waals surface area contributed by atoms with Crippen molar-refractivity contribution in [1.29, 1.82) is 0 Å². The lowest BCUT2D eigenvalue weighted by atomic mass is 9.87. The van der Waals surface area contributed by atoms with Gasteiger partial charge in [-0.1, -0.05) is 81.4 Å². The maximum atomic E-state index is 13.3. The van der Waals surface area contributed by atoms with Gasteiger partial charge >= 0.3 is 0 Å². The van der Waals surface area contributed by atoms with Gasteiger partial charge in [0.15, 0.2) is 14.4 Å². The quantitative estimate of drug-likeness (QED) is 0.264. The minimum Gasteiger partial charge on any atom is -0.403 e. The van der Waals surface area contributed by atoms with Crippen LogP contribution in [-0.2, 0) is 9.22 Å². The van der Waals surface area contributed by atoms with Crippen LogP contribution in [0, 0.1) is 0 Å². The number of carbonyl (C=O) groups excluding carboxylic acids is 2. The van der Waals surface area contributed by atoms with Crippen molar-refractivity contribution in [3.63, 3.8) is 0 Å². The molecule has 1 heterocycles. The van der Waals surface area contributed by atoms with E-state index in [9.17, 15) is 9.59 Å². The molecule has 1 saturated heterocycles. The molecule has 5 heteroatoms. The molecular formula is C26H29NO3Si. The molecule has 1 aliphatic rings. The first-order valence-electron chi connectivity index (χ1n) is 11.1. The van der Waals surface area contributed by atoms with Crippen LogP contribution in [0.2, 0.25) is 18.1 Å². The SMILES string of the molecule is CC[Si](CC)(CC)O[C@H]1C(=O)N(C(=O)c2ccccc2)[C@H]1c1cccc2ccccc12. The van der Waals surface area contributed by atoms with Crippen LogP contribution in [0.4, 0.5) is 0 Å². The molecule has 4 nitrogen and oxygen atoms in total. The molecule has 2 amide bonds. The van der Waals surface area contributed by atoms with E-state index < -0.39 is 20.5 Å². The molecule has 0 bridgehead atoms. The highest BCUT2D eigenvalue weighted by molar-refractivity contribution is 6.73. The van der Waals surface area contributed by atoms with Gasteiger partial charge in [-0.05, 0) is 46.6 Å². The number of amides is 2. The van der Waals surface area contributed by atoms with E-state index in [-0.39, 0.29) is 11.8 Å². The van der Waals surface area contributed by atoms with Crippen molar-refractivity contribution in [3.8, 4) is 0 Å². The van der Waals surface area contributed by atoms with E-state index >= 15 is 0 Å². The normalized spacial score (nSPS) is 18.8. The Hall–Kier alpha value is -2.76. The zero-order valence-electron chi connectivity index (χ0n) is 18.4. The number of rotatable bonds is 7. The van der Waals surface area contributed by atoms with E-state index in [0.717, 1.165) is 34.5 Å².